The molecule has 1 saturated heterocycles. The zero-order valence-corrected chi connectivity index (χ0v) is 52.7. The lowest BCUT2D eigenvalue weighted by atomic mass is 9.99. The van der Waals surface area contributed by atoms with Gasteiger partial charge in [-0.2, -0.15) is 0 Å². The van der Waals surface area contributed by atoms with Gasteiger partial charge in [-0.1, -0.05) is 260 Å². The first-order chi connectivity index (χ1) is 40.2. The largest absolute Gasteiger partial charge is 0.466 e. The second-order valence-electron chi connectivity index (χ2n) is 23.5. The maximum atomic E-state index is 13.0. The minimum absolute atomic E-state index is 0.0111. The van der Waals surface area contributed by atoms with Gasteiger partial charge in [0, 0.05) is 12.8 Å². The smallest absolute Gasteiger partial charge is 0.305 e. The van der Waals surface area contributed by atoms with Crippen molar-refractivity contribution in [2.75, 3.05) is 19.8 Å². The second-order valence-corrected chi connectivity index (χ2v) is 23.5. The van der Waals surface area contributed by atoms with Gasteiger partial charge in [-0.15, -0.1) is 0 Å². The Morgan fingerprint density at radius 3 is 1.33 bits per heavy atom. The van der Waals surface area contributed by atoms with E-state index in [1.165, 1.54) is 205 Å². The molecule has 0 aromatic heterocycles. The van der Waals surface area contributed by atoms with Gasteiger partial charge in [-0.25, -0.2) is 0 Å². The molecule has 11 heteroatoms. The summed E-state index contributed by atoms with van der Waals surface area (Å²) >= 11 is 0. The van der Waals surface area contributed by atoms with Crippen molar-refractivity contribution in [1.82, 2.24) is 5.32 Å². The Morgan fingerprint density at radius 1 is 0.451 bits per heavy atom. The van der Waals surface area contributed by atoms with Crippen molar-refractivity contribution in [1.29, 1.82) is 0 Å². The Hall–Kier alpha value is -2.90. The molecule has 0 aromatic rings. The lowest BCUT2D eigenvalue weighted by Crippen LogP contribution is -2.60. The summed E-state index contributed by atoms with van der Waals surface area (Å²) in [7, 11) is 0. The van der Waals surface area contributed by atoms with Crippen LogP contribution in [-0.4, -0.2) is 100 Å². The van der Waals surface area contributed by atoms with Gasteiger partial charge in [0.1, 0.15) is 24.4 Å². The van der Waals surface area contributed by atoms with Gasteiger partial charge < -0.3 is 45.1 Å². The second kappa shape index (κ2) is 59.8. The molecule has 82 heavy (non-hydrogen) atoms. The van der Waals surface area contributed by atoms with Crippen LogP contribution >= 0.6 is 0 Å². The highest BCUT2D eigenvalue weighted by Crippen LogP contribution is 2.23. The fourth-order valence-electron chi connectivity index (χ4n) is 10.3. The van der Waals surface area contributed by atoms with E-state index in [1.54, 1.807) is 6.08 Å². The first kappa shape index (κ1) is 77.1. The number of hydrogen-bond donors (Lipinski definition) is 6. The molecule has 1 aliphatic rings. The molecule has 6 N–H and O–H groups in total. The zero-order chi connectivity index (χ0) is 59.5. The first-order valence-corrected chi connectivity index (χ1v) is 34.2. The predicted molar refractivity (Wildman–Crippen MR) is 343 cm³/mol. The molecule has 7 unspecified atom stereocenters. The molecule has 0 radical (unpaired) electrons. The van der Waals surface area contributed by atoms with Gasteiger partial charge in [-0.3, -0.25) is 9.59 Å². The molecule has 1 rings (SSSR count). The lowest BCUT2D eigenvalue weighted by molar-refractivity contribution is -0.302. The number of esters is 1. The number of aliphatic hydroxyl groups is 5. The molecule has 0 bridgehead atoms. The van der Waals surface area contributed by atoms with E-state index >= 15 is 0 Å². The van der Waals surface area contributed by atoms with Crippen LogP contribution in [0.15, 0.2) is 72.9 Å². The van der Waals surface area contributed by atoms with E-state index in [-0.39, 0.29) is 18.5 Å². The SMILES string of the molecule is CCC/C=C\C/C=C\CCCCCCCC(=O)OCCCCCCCCCCC/C=C\C/C=C\CCCCCCCCCCCCCCCCCC(=O)NC(COC1OC(CO)C(O)C(O)C1O)C(O)/C=C/CC/C=C/CCCCCC. The first-order valence-electron chi connectivity index (χ1n) is 34.2. The lowest BCUT2D eigenvalue weighted by Gasteiger charge is -2.40. The van der Waals surface area contributed by atoms with Crippen molar-refractivity contribution in [2.24, 2.45) is 0 Å². The minimum atomic E-state index is -1.58. The number of carbonyl (C=O) groups is 2. The Balaban J connectivity index is 1.96. The highest BCUT2D eigenvalue weighted by Gasteiger charge is 2.44. The van der Waals surface area contributed by atoms with Gasteiger partial charge >= 0.3 is 5.97 Å². The Morgan fingerprint density at radius 2 is 0.854 bits per heavy atom. The monoisotopic (exact) mass is 1150 g/mol. The van der Waals surface area contributed by atoms with E-state index in [0.29, 0.717) is 19.4 Å². The molecule has 11 nitrogen and oxygen atoms in total. The van der Waals surface area contributed by atoms with Gasteiger partial charge in [0.15, 0.2) is 6.29 Å². The highest BCUT2D eigenvalue weighted by atomic mass is 16.7. The number of rotatable bonds is 59. The molecule has 1 amide bonds. The van der Waals surface area contributed by atoms with E-state index in [2.05, 4.69) is 79.9 Å². The molecular formula is C71H127NO10. The standard InChI is InChI=1S/C71H127NO10/c1-3-5-7-9-11-13-15-35-39-43-47-51-55-59-67(76)80-60-56-52-48-44-40-37-34-32-30-28-26-24-22-20-18-16-17-19-21-23-25-27-29-31-33-36-38-42-46-50-54-58-66(75)72-63(62-81-71-70(79)69(78)68(77)65(61-73)82-71)64(74)57-53-49-45-41-14-12-10-8-6-4-2/h7,9,13-15,18,20,24,26,41,53,57,63-65,68-71,73-74,77-79H,3-6,8,10-12,16-17,19,21-23,25,27-40,42-52,54-56,58-62H2,1-2H3,(H,72,75)/b9-7-,15-13-,20-18-,26-24-,41-14+,57-53+. The Kier molecular flexibility index (Phi) is 56.2. The van der Waals surface area contributed by atoms with Crippen LogP contribution in [0.4, 0.5) is 0 Å². The van der Waals surface area contributed by atoms with E-state index in [4.69, 9.17) is 14.2 Å². The van der Waals surface area contributed by atoms with Crippen molar-refractivity contribution in [3.8, 4) is 0 Å². The molecule has 1 fully saturated rings. The van der Waals surface area contributed by atoms with Crippen molar-refractivity contribution in [3.63, 3.8) is 0 Å². The van der Waals surface area contributed by atoms with Crippen molar-refractivity contribution < 1.29 is 49.3 Å². The van der Waals surface area contributed by atoms with Crippen LogP contribution in [0.2, 0.25) is 0 Å². The number of allylic oxidation sites excluding steroid dienone is 11. The number of unbranched alkanes of at least 4 members (excludes halogenated alkanes) is 35. The number of amides is 1. The zero-order valence-electron chi connectivity index (χ0n) is 52.7. The summed E-state index contributed by atoms with van der Waals surface area (Å²) in [5.41, 5.74) is 0. The number of ether oxygens (including phenoxy) is 3. The fourth-order valence-corrected chi connectivity index (χ4v) is 10.3. The Bertz CT molecular complexity index is 1590. The third-order valence-corrected chi connectivity index (χ3v) is 15.7. The number of hydrogen-bond acceptors (Lipinski definition) is 10. The van der Waals surface area contributed by atoms with Crippen LogP contribution in [0, 0.1) is 0 Å². The van der Waals surface area contributed by atoms with Crippen LogP contribution in [-0.2, 0) is 23.8 Å². The molecule has 7 atom stereocenters. The molecule has 0 aromatic carbocycles. The summed E-state index contributed by atoms with van der Waals surface area (Å²) in [6.07, 6.45) is 70.4. The third kappa shape index (κ3) is 48.3. The summed E-state index contributed by atoms with van der Waals surface area (Å²) in [4.78, 5) is 25.1. The maximum Gasteiger partial charge on any atom is 0.305 e. The molecule has 1 heterocycles. The summed E-state index contributed by atoms with van der Waals surface area (Å²) in [5, 5.41) is 54.3. The molecule has 1 aliphatic heterocycles. The third-order valence-electron chi connectivity index (χ3n) is 15.7. The Labute approximate surface area is 502 Å². The molecular weight excluding hydrogens is 1030 g/mol. The molecule has 0 saturated carbocycles. The van der Waals surface area contributed by atoms with Gasteiger partial charge in [-0.05, 0) is 103 Å². The summed E-state index contributed by atoms with van der Waals surface area (Å²) in [6, 6.07) is -0.827. The van der Waals surface area contributed by atoms with Crippen molar-refractivity contribution in [2.45, 2.75) is 346 Å². The predicted octanol–water partition coefficient (Wildman–Crippen LogP) is 17.1. The molecule has 0 aliphatic carbocycles. The minimum Gasteiger partial charge on any atom is -0.466 e. The molecule has 0 spiro atoms. The van der Waals surface area contributed by atoms with Crippen LogP contribution in [0.3, 0.4) is 0 Å². The quantitative estimate of drug-likeness (QED) is 0.0195. The van der Waals surface area contributed by atoms with Crippen LogP contribution < -0.4 is 5.32 Å². The van der Waals surface area contributed by atoms with Gasteiger partial charge in [0.25, 0.3) is 0 Å². The fraction of sp³-hybridized carbons (Fsp3) is 0.803. The maximum absolute atomic E-state index is 13.0. The van der Waals surface area contributed by atoms with E-state index in [1.807, 2.05) is 6.08 Å². The average molecular weight is 1150 g/mol. The summed E-state index contributed by atoms with van der Waals surface area (Å²) in [6.45, 7) is 4.23. The van der Waals surface area contributed by atoms with Crippen molar-refractivity contribution >= 4 is 11.9 Å². The van der Waals surface area contributed by atoms with E-state index in [9.17, 15) is 35.1 Å². The van der Waals surface area contributed by atoms with E-state index in [0.717, 1.165) is 70.6 Å². The molecule has 476 valence electrons. The van der Waals surface area contributed by atoms with Crippen LogP contribution in [0.1, 0.15) is 303 Å². The number of carbonyl (C=O) groups excluding carboxylic acids is 2. The normalized spacial score (nSPS) is 18.6. The number of aliphatic hydroxyl groups excluding tert-OH is 5. The van der Waals surface area contributed by atoms with Crippen LogP contribution in [0.5, 0.6) is 0 Å². The number of nitrogens with one attached hydrogen (secondary N) is 1. The van der Waals surface area contributed by atoms with E-state index < -0.39 is 49.5 Å². The van der Waals surface area contributed by atoms with Crippen LogP contribution in [0.25, 0.3) is 0 Å². The average Bonchev–Trinajstić information content (AvgIpc) is 3.55. The van der Waals surface area contributed by atoms with Gasteiger partial charge in [0.05, 0.1) is 32.0 Å². The van der Waals surface area contributed by atoms with Gasteiger partial charge in [0.2, 0.25) is 5.91 Å². The highest BCUT2D eigenvalue weighted by molar-refractivity contribution is 5.76. The topological polar surface area (TPSA) is 175 Å². The summed E-state index contributed by atoms with van der Waals surface area (Å²) in [5.74, 6) is -0.205. The van der Waals surface area contributed by atoms with Crippen molar-refractivity contribution in [3.05, 3.63) is 72.9 Å². The summed E-state index contributed by atoms with van der Waals surface area (Å²) < 4.78 is 16.7.